The Morgan fingerprint density at radius 2 is 1.58 bits per heavy atom. The summed E-state index contributed by atoms with van der Waals surface area (Å²) in [6.45, 7) is 4.47. The van der Waals surface area contributed by atoms with Crippen LogP contribution in [0.15, 0.2) is 60.7 Å². The number of amides is 2. The van der Waals surface area contributed by atoms with Gasteiger partial charge < -0.3 is 15.4 Å². The van der Waals surface area contributed by atoms with Crippen LogP contribution in [0, 0.1) is 0 Å². The first kappa shape index (κ1) is 22.2. The molecule has 0 aliphatic heterocycles. The van der Waals surface area contributed by atoms with Crippen molar-refractivity contribution in [2.24, 2.45) is 0 Å². The lowest BCUT2D eigenvalue weighted by Crippen LogP contribution is -2.24. The molecule has 3 aromatic rings. The molecule has 0 aliphatic carbocycles. The molecule has 0 radical (unpaired) electrons. The number of rotatable bonds is 7. The van der Waals surface area contributed by atoms with Gasteiger partial charge in [-0.15, -0.1) is 11.3 Å². The van der Waals surface area contributed by atoms with Crippen LogP contribution in [-0.2, 0) is 11.3 Å². The van der Waals surface area contributed by atoms with Gasteiger partial charge in [0.05, 0.1) is 18.2 Å². The molecule has 7 heteroatoms. The van der Waals surface area contributed by atoms with Gasteiger partial charge in [0, 0.05) is 17.0 Å². The lowest BCUT2D eigenvalue weighted by Gasteiger charge is -2.08. The fourth-order valence-corrected chi connectivity index (χ4v) is 3.93. The van der Waals surface area contributed by atoms with Crippen LogP contribution in [0.25, 0.3) is 0 Å². The van der Waals surface area contributed by atoms with Gasteiger partial charge in [0.15, 0.2) is 0 Å². The van der Waals surface area contributed by atoms with E-state index >= 15 is 0 Å². The second kappa shape index (κ2) is 10.0. The normalized spacial score (nSPS) is 10.6. The van der Waals surface area contributed by atoms with Crippen molar-refractivity contribution in [2.45, 2.75) is 26.3 Å². The Labute approximate surface area is 185 Å². The maximum absolute atomic E-state index is 12.8. The molecule has 0 saturated carbocycles. The molecule has 0 unspecified atom stereocenters. The number of esters is 1. The fraction of sp³-hybridized carbons (Fsp3) is 0.208. The number of thiophene rings is 1. The standard InChI is InChI=1S/C24H24N2O4S/c1-15(2)20-13-19(22(28)25-14-16-7-5-4-6-8-16)23(31-20)26-21(27)17-9-11-18(12-10-17)24(29)30-3/h4-13,15H,14H2,1-3H3,(H,25,28)(H,26,27). The largest absolute Gasteiger partial charge is 0.465 e. The second-order valence-electron chi connectivity index (χ2n) is 7.24. The highest BCUT2D eigenvalue weighted by molar-refractivity contribution is 7.16. The highest BCUT2D eigenvalue weighted by atomic mass is 32.1. The lowest BCUT2D eigenvalue weighted by molar-refractivity contribution is 0.0600. The second-order valence-corrected chi connectivity index (χ2v) is 8.32. The van der Waals surface area contributed by atoms with Crippen LogP contribution in [0.1, 0.15) is 61.3 Å². The van der Waals surface area contributed by atoms with Crippen molar-refractivity contribution >= 4 is 34.1 Å². The molecule has 2 aromatic carbocycles. The first-order chi connectivity index (χ1) is 14.9. The monoisotopic (exact) mass is 436 g/mol. The number of anilines is 1. The Hall–Kier alpha value is -3.45. The van der Waals surface area contributed by atoms with Gasteiger partial charge >= 0.3 is 5.97 Å². The van der Waals surface area contributed by atoms with Crippen LogP contribution in [-0.4, -0.2) is 24.9 Å². The van der Waals surface area contributed by atoms with Gasteiger partial charge in [0.25, 0.3) is 11.8 Å². The molecule has 0 aliphatic rings. The van der Waals surface area contributed by atoms with E-state index in [1.165, 1.54) is 30.6 Å². The van der Waals surface area contributed by atoms with Gasteiger partial charge in [0.1, 0.15) is 5.00 Å². The lowest BCUT2D eigenvalue weighted by atomic mass is 10.1. The Morgan fingerprint density at radius 1 is 0.935 bits per heavy atom. The quantitative estimate of drug-likeness (QED) is 0.519. The number of methoxy groups -OCH3 is 1. The molecule has 6 nitrogen and oxygen atoms in total. The zero-order valence-electron chi connectivity index (χ0n) is 17.6. The summed E-state index contributed by atoms with van der Waals surface area (Å²) in [7, 11) is 1.30. The Balaban J connectivity index is 1.77. The third-order valence-corrected chi connectivity index (χ3v) is 6.01. The average Bonchev–Trinajstić information content (AvgIpc) is 3.22. The zero-order valence-corrected chi connectivity index (χ0v) is 18.4. The van der Waals surface area contributed by atoms with Crippen molar-refractivity contribution in [1.29, 1.82) is 0 Å². The van der Waals surface area contributed by atoms with Crippen molar-refractivity contribution in [3.63, 3.8) is 0 Å². The van der Waals surface area contributed by atoms with Gasteiger partial charge in [-0.1, -0.05) is 44.2 Å². The molecule has 160 valence electrons. The highest BCUT2D eigenvalue weighted by Gasteiger charge is 2.20. The van der Waals surface area contributed by atoms with Gasteiger partial charge in [-0.2, -0.15) is 0 Å². The molecule has 0 saturated heterocycles. The number of hydrogen-bond donors (Lipinski definition) is 2. The molecule has 0 spiro atoms. The summed E-state index contributed by atoms with van der Waals surface area (Å²) in [5, 5.41) is 6.26. The summed E-state index contributed by atoms with van der Waals surface area (Å²) in [6.07, 6.45) is 0. The number of benzene rings is 2. The van der Waals surface area contributed by atoms with Crippen LogP contribution in [0.2, 0.25) is 0 Å². The van der Waals surface area contributed by atoms with Crippen molar-refractivity contribution in [1.82, 2.24) is 5.32 Å². The third kappa shape index (κ3) is 5.58. The molecular formula is C24H24N2O4S. The van der Waals surface area contributed by atoms with E-state index < -0.39 is 5.97 Å². The predicted octanol–water partition coefficient (Wildman–Crippen LogP) is 4.84. The summed E-state index contributed by atoms with van der Waals surface area (Å²) in [5.74, 6) is -0.853. The van der Waals surface area contributed by atoms with E-state index in [1.807, 2.05) is 50.2 Å². The van der Waals surface area contributed by atoms with Crippen LogP contribution in [0.3, 0.4) is 0 Å². The average molecular weight is 437 g/mol. The summed E-state index contributed by atoms with van der Waals surface area (Å²) in [5.41, 5.74) is 2.16. The van der Waals surface area contributed by atoms with Crippen molar-refractivity contribution in [3.8, 4) is 0 Å². The number of carbonyl (C=O) groups is 3. The van der Waals surface area contributed by atoms with Crippen LogP contribution >= 0.6 is 11.3 Å². The first-order valence-corrected chi connectivity index (χ1v) is 10.7. The first-order valence-electron chi connectivity index (χ1n) is 9.84. The van der Waals surface area contributed by atoms with E-state index in [2.05, 4.69) is 15.4 Å². The van der Waals surface area contributed by atoms with Crippen molar-refractivity contribution in [2.75, 3.05) is 12.4 Å². The predicted molar refractivity (Wildman–Crippen MR) is 122 cm³/mol. The van der Waals surface area contributed by atoms with Gasteiger partial charge in [0.2, 0.25) is 0 Å². The van der Waals surface area contributed by atoms with E-state index in [-0.39, 0.29) is 17.7 Å². The van der Waals surface area contributed by atoms with Gasteiger partial charge in [-0.25, -0.2) is 4.79 Å². The molecule has 2 N–H and O–H groups in total. The minimum atomic E-state index is -0.468. The SMILES string of the molecule is COC(=O)c1ccc(C(=O)Nc2sc(C(C)C)cc2C(=O)NCc2ccccc2)cc1. The van der Waals surface area contributed by atoms with Crippen LogP contribution in [0.5, 0.6) is 0 Å². The Kier molecular flexibility index (Phi) is 7.20. The number of ether oxygens (including phenoxy) is 1. The van der Waals surface area contributed by atoms with Gasteiger partial charge in [-0.3, -0.25) is 9.59 Å². The summed E-state index contributed by atoms with van der Waals surface area (Å²) in [4.78, 5) is 38.2. The smallest absolute Gasteiger partial charge is 0.337 e. The molecule has 0 fully saturated rings. The van der Waals surface area contributed by atoms with E-state index in [4.69, 9.17) is 0 Å². The number of nitrogens with one attached hydrogen (secondary N) is 2. The molecule has 2 amide bonds. The van der Waals surface area contributed by atoms with Gasteiger partial charge in [-0.05, 0) is 41.8 Å². The molecular weight excluding hydrogens is 412 g/mol. The summed E-state index contributed by atoms with van der Waals surface area (Å²) in [6, 6.07) is 17.6. The Bertz CT molecular complexity index is 1070. The van der Waals surface area contributed by atoms with E-state index in [0.717, 1.165) is 10.4 Å². The topological polar surface area (TPSA) is 84.5 Å². The minimum absolute atomic E-state index is 0.218. The molecule has 3 rings (SSSR count). The third-order valence-electron chi connectivity index (χ3n) is 4.66. The maximum Gasteiger partial charge on any atom is 0.337 e. The zero-order chi connectivity index (χ0) is 22.4. The minimum Gasteiger partial charge on any atom is -0.465 e. The molecule has 0 atom stereocenters. The maximum atomic E-state index is 12.8. The number of hydrogen-bond acceptors (Lipinski definition) is 5. The summed E-state index contributed by atoms with van der Waals surface area (Å²) < 4.78 is 4.67. The molecule has 31 heavy (non-hydrogen) atoms. The molecule has 0 bridgehead atoms. The fourth-order valence-electron chi connectivity index (χ4n) is 2.88. The molecule has 1 aromatic heterocycles. The Morgan fingerprint density at radius 3 is 2.19 bits per heavy atom. The highest BCUT2D eigenvalue weighted by Crippen LogP contribution is 2.33. The van der Waals surface area contributed by atoms with E-state index in [1.54, 1.807) is 12.1 Å². The van der Waals surface area contributed by atoms with Crippen LogP contribution in [0.4, 0.5) is 5.00 Å². The van der Waals surface area contributed by atoms with E-state index in [9.17, 15) is 14.4 Å². The summed E-state index contributed by atoms with van der Waals surface area (Å²) >= 11 is 1.39. The van der Waals surface area contributed by atoms with Crippen molar-refractivity contribution < 1.29 is 19.1 Å². The van der Waals surface area contributed by atoms with Crippen LogP contribution < -0.4 is 10.6 Å². The number of carbonyl (C=O) groups excluding carboxylic acids is 3. The van der Waals surface area contributed by atoms with E-state index in [0.29, 0.717) is 28.2 Å². The molecule has 1 heterocycles. The van der Waals surface area contributed by atoms with Crippen molar-refractivity contribution in [3.05, 3.63) is 87.8 Å².